The lowest BCUT2D eigenvalue weighted by Gasteiger charge is -2.34. The first-order chi connectivity index (χ1) is 7.64. The van der Waals surface area contributed by atoms with Gasteiger partial charge in [0.2, 0.25) is 0 Å². The first-order valence-electron chi connectivity index (χ1n) is 6.36. The second-order valence-corrected chi connectivity index (χ2v) is 6.13. The fourth-order valence-electron chi connectivity index (χ4n) is 1.33. The zero-order valence-corrected chi connectivity index (χ0v) is 12.7. The Labute approximate surface area is 108 Å². The molecule has 0 aromatic rings. The van der Waals surface area contributed by atoms with Crippen LogP contribution in [0.15, 0.2) is 36.0 Å². The molecule has 0 aliphatic rings. The molecule has 0 spiro atoms. The van der Waals surface area contributed by atoms with E-state index in [-0.39, 0.29) is 5.54 Å². The quantitative estimate of drug-likeness (QED) is 0.637. The molecule has 0 saturated heterocycles. The van der Waals surface area contributed by atoms with Crippen molar-refractivity contribution in [3.63, 3.8) is 0 Å². The first-order valence-corrected chi connectivity index (χ1v) is 6.36. The van der Waals surface area contributed by atoms with Crippen LogP contribution in [0.3, 0.4) is 0 Å². The van der Waals surface area contributed by atoms with Gasteiger partial charge in [-0.1, -0.05) is 42.9 Å². The minimum Gasteiger partial charge on any atom is -0.301 e. The first kappa shape index (κ1) is 16.2. The summed E-state index contributed by atoms with van der Waals surface area (Å²) in [6.45, 7) is 18.3. The van der Waals surface area contributed by atoms with Gasteiger partial charge >= 0.3 is 0 Å². The van der Waals surface area contributed by atoms with Crippen molar-refractivity contribution in [3.8, 4) is 0 Å². The number of nitrogens with zero attached hydrogens (tertiary/aromatic N) is 1. The third-order valence-electron chi connectivity index (χ3n) is 3.07. The second-order valence-electron chi connectivity index (χ2n) is 6.13. The molecule has 0 aromatic heterocycles. The normalized spacial score (nSPS) is 14.1. The summed E-state index contributed by atoms with van der Waals surface area (Å²) in [5, 5.41) is 0. The van der Waals surface area contributed by atoms with Gasteiger partial charge in [0.1, 0.15) is 0 Å². The highest BCUT2D eigenvalue weighted by Gasteiger charge is 2.19. The van der Waals surface area contributed by atoms with E-state index in [1.807, 2.05) is 0 Å². The lowest BCUT2D eigenvalue weighted by Crippen LogP contribution is -2.40. The van der Waals surface area contributed by atoms with E-state index in [0.29, 0.717) is 5.92 Å². The monoisotopic (exact) mass is 235 g/mol. The predicted molar refractivity (Wildman–Crippen MR) is 79.3 cm³/mol. The van der Waals surface area contributed by atoms with Crippen LogP contribution >= 0.6 is 0 Å². The van der Waals surface area contributed by atoms with E-state index in [2.05, 4.69) is 78.3 Å². The maximum absolute atomic E-state index is 4.14. The molecule has 0 N–H and O–H groups in total. The van der Waals surface area contributed by atoms with E-state index in [0.717, 1.165) is 6.54 Å². The molecule has 1 nitrogen and oxygen atoms in total. The predicted octanol–water partition coefficient (Wildman–Crippen LogP) is 4.43. The maximum Gasteiger partial charge on any atom is 0.0122 e. The molecule has 0 aromatic carbocycles. The molecule has 0 radical (unpaired) electrons. The molecule has 0 aliphatic carbocycles. The Kier molecular flexibility index (Phi) is 6.48. The smallest absolute Gasteiger partial charge is 0.0122 e. The molecule has 17 heavy (non-hydrogen) atoms. The van der Waals surface area contributed by atoms with Gasteiger partial charge in [0.25, 0.3) is 0 Å². The molecule has 1 atom stereocenters. The molecule has 0 rings (SSSR count). The average molecular weight is 235 g/mol. The zero-order chi connectivity index (χ0) is 13.6. The molecule has 0 bridgehead atoms. The molecule has 0 heterocycles. The third-order valence-corrected chi connectivity index (χ3v) is 3.07. The fraction of sp³-hybridized carbons (Fsp3) is 0.625. The van der Waals surface area contributed by atoms with Crippen molar-refractivity contribution < 1.29 is 0 Å². The van der Waals surface area contributed by atoms with Gasteiger partial charge in [-0.15, -0.1) is 0 Å². The number of rotatable bonds is 5. The van der Waals surface area contributed by atoms with Crippen molar-refractivity contribution in [3.05, 3.63) is 36.0 Å². The van der Waals surface area contributed by atoms with Crippen molar-refractivity contribution in [1.29, 1.82) is 0 Å². The summed E-state index contributed by atoms with van der Waals surface area (Å²) in [4.78, 5) is 2.37. The molecule has 1 heteroatoms. The Bertz CT molecular complexity index is 298. The van der Waals surface area contributed by atoms with E-state index in [9.17, 15) is 0 Å². The second kappa shape index (κ2) is 6.80. The molecule has 0 aliphatic heterocycles. The van der Waals surface area contributed by atoms with Gasteiger partial charge in [-0.25, -0.2) is 0 Å². The molecular formula is C16H29N. The summed E-state index contributed by atoms with van der Waals surface area (Å²) in [6.07, 6.45) is 6.32. The van der Waals surface area contributed by atoms with E-state index in [1.165, 1.54) is 11.1 Å². The maximum atomic E-state index is 4.14. The Morgan fingerprint density at radius 1 is 1.29 bits per heavy atom. The minimum atomic E-state index is 0.220. The van der Waals surface area contributed by atoms with Gasteiger partial charge in [0, 0.05) is 12.1 Å². The van der Waals surface area contributed by atoms with Crippen LogP contribution in [0.1, 0.15) is 41.5 Å². The van der Waals surface area contributed by atoms with Crippen LogP contribution in [0.5, 0.6) is 0 Å². The molecule has 0 fully saturated rings. The highest BCUT2D eigenvalue weighted by atomic mass is 15.2. The van der Waals surface area contributed by atoms with Gasteiger partial charge in [0.15, 0.2) is 0 Å². The molecular weight excluding hydrogens is 206 g/mol. The van der Waals surface area contributed by atoms with Gasteiger partial charge in [-0.05, 0) is 47.6 Å². The lowest BCUT2D eigenvalue weighted by molar-refractivity contribution is 0.161. The summed E-state index contributed by atoms with van der Waals surface area (Å²) < 4.78 is 0. The zero-order valence-electron chi connectivity index (χ0n) is 12.7. The Balaban J connectivity index is 4.34. The van der Waals surface area contributed by atoms with Crippen LogP contribution < -0.4 is 0 Å². The van der Waals surface area contributed by atoms with Crippen LogP contribution in [0, 0.1) is 5.92 Å². The lowest BCUT2D eigenvalue weighted by atomic mass is 9.98. The van der Waals surface area contributed by atoms with Crippen LogP contribution in [0.25, 0.3) is 0 Å². The Morgan fingerprint density at radius 3 is 2.24 bits per heavy atom. The summed E-state index contributed by atoms with van der Waals surface area (Å²) in [5.74, 6) is 0.487. The minimum absolute atomic E-state index is 0.220. The van der Waals surface area contributed by atoms with Gasteiger partial charge in [-0.3, -0.25) is 0 Å². The average Bonchev–Trinajstić information content (AvgIpc) is 2.15. The van der Waals surface area contributed by atoms with Gasteiger partial charge in [-0.2, -0.15) is 0 Å². The van der Waals surface area contributed by atoms with Crippen molar-refractivity contribution in [2.75, 3.05) is 13.6 Å². The number of allylic oxidation sites excluding steroid dienone is 4. The Hall–Kier alpha value is -0.820. The topological polar surface area (TPSA) is 3.24 Å². The van der Waals surface area contributed by atoms with E-state index >= 15 is 0 Å². The molecule has 0 amide bonds. The standard InChI is InChI=1S/C16H29N/c1-13(2)10-9-11-14(3)15(4)12-17(8)16(5,6)7/h9-11,15H,3,12H2,1-2,4-8H3/b11-9-. The van der Waals surface area contributed by atoms with Crippen LogP contribution in [0.2, 0.25) is 0 Å². The van der Waals surface area contributed by atoms with Gasteiger partial charge < -0.3 is 4.90 Å². The van der Waals surface area contributed by atoms with Crippen LogP contribution in [-0.4, -0.2) is 24.0 Å². The summed E-state index contributed by atoms with van der Waals surface area (Å²) in [7, 11) is 2.17. The molecule has 98 valence electrons. The number of hydrogen-bond acceptors (Lipinski definition) is 1. The van der Waals surface area contributed by atoms with Crippen molar-refractivity contribution >= 4 is 0 Å². The van der Waals surface area contributed by atoms with Crippen molar-refractivity contribution in [2.45, 2.75) is 47.1 Å². The molecule has 1 unspecified atom stereocenters. The van der Waals surface area contributed by atoms with E-state index in [4.69, 9.17) is 0 Å². The largest absolute Gasteiger partial charge is 0.301 e. The highest BCUT2D eigenvalue weighted by molar-refractivity contribution is 5.22. The van der Waals surface area contributed by atoms with Crippen LogP contribution in [0.4, 0.5) is 0 Å². The number of hydrogen-bond donors (Lipinski definition) is 0. The van der Waals surface area contributed by atoms with Gasteiger partial charge in [0.05, 0.1) is 0 Å². The highest BCUT2D eigenvalue weighted by Crippen LogP contribution is 2.17. The van der Waals surface area contributed by atoms with E-state index < -0.39 is 0 Å². The Morgan fingerprint density at radius 2 is 1.82 bits per heavy atom. The summed E-state index contributed by atoms with van der Waals surface area (Å²) in [6, 6.07) is 0. The third kappa shape index (κ3) is 7.17. The van der Waals surface area contributed by atoms with Crippen LogP contribution in [-0.2, 0) is 0 Å². The van der Waals surface area contributed by atoms with Crippen molar-refractivity contribution in [2.24, 2.45) is 5.92 Å². The summed E-state index contributed by atoms with van der Waals surface area (Å²) in [5.41, 5.74) is 2.73. The van der Waals surface area contributed by atoms with E-state index in [1.54, 1.807) is 0 Å². The molecule has 0 saturated carbocycles. The SMILES string of the molecule is C=C(/C=C\C=C(C)C)C(C)CN(C)C(C)(C)C. The van der Waals surface area contributed by atoms with Crippen molar-refractivity contribution in [1.82, 2.24) is 4.90 Å². The fourth-order valence-corrected chi connectivity index (χ4v) is 1.33. The summed E-state index contributed by atoms with van der Waals surface area (Å²) >= 11 is 0.